The standard InChI is InChI=1S/C29H35FN4O/c1-21(2)33(29(35)23-10-6-7-11-23)20-27-26-19-32(18-22-8-4-3-5-9-22)17-16-28(26)34(31-27)25-14-12-24(30)13-15-25/h3-5,8-9,12-15,21,23H,6-7,10-11,16-20H2,1-2H3. The average Bonchev–Trinajstić information content (AvgIpc) is 3.52. The third kappa shape index (κ3) is 5.18. The number of nitrogens with zero attached hydrogens (tertiary/aromatic N) is 4. The number of carbonyl (C=O) groups excluding carboxylic acids is 1. The van der Waals surface area contributed by atoms with E-state index in [1.807, 2.05) is 15.6 Å². The molecule has 0 spiro atoms. The van der Waals surface area contributed by atoms with Gasteiger partial charge in [0, 0.05) is 43.6 Å². The maximum atomic E-state index is 13.6. The van der Waals surface area contributed by atoms with Crippen molar-refractivity contribution in [3.63, 3.8) is 0 Å². The van der Waals surface area contributed by atoms with Crippen LogP contribution >= 0.6 is 0 Å². The molecule has 184 valence electrons. The Labute approximate surface area is 207 Å². The molecule has 5 rings (SSSR count). The zero-order valence-electron chi connectivity index (χ0n) is 20.8. The third-order valence-corrected chi connectivity index (χ3v) is 7.47. The number of fused-ring (bicyclic) bond motifs is 1. The predicted octanol–water partition coefficient (Wildman–Crippen LogP) is 5.50. The smallest absolute Gasteiger partial charge is 0.226 e. The minimum Gasteiger partial charge on any atom is -0.334 e. The summed E-state index contributed by atoms with van der Waals surface area (Å²) in [5.41, 5.74) is 5.50. The molecule has 0 unspecified atom stereocenters. The van der Waals surface area contributed by atoms with E-state index in [0.717, 1.165) is 63.1 Å². The van der Waals surface area contributed by atoms with Crippen molar-refractivity contribution < 1.29 is 9.18 Å². The molecule has 2 heterocycles. The Kier molecular flexibility index (Phi) is 7.00. The van der Waals surface area contributed by atoms with E-state index in [-0.39, 0.29) is 23.7 Å². The predicted molar refractivity (Wildman–Crippen MR) is 135 cm³/mol. The van der Waals surface area contributed by atoms with Gasteiger partial charge in [-0.25, -0.2) is 9.07 Å². The second-order valence-electron chi connectivity index (χ2n) is 10.2. The lowest BCUT2D eigenvalue weighted by molar-refractivity contribution is -0.137. The van der Waals surface area contributed by atoms with Crippen LogP contribution in [0.5, 0.6) is 0 Å². The van der Waals surface area contributed by atoms with E-state index in [4.69, 9.17) is 5.10 Å². The average molecular weight is 475 g/mol. The summed E-state index contributed by atoms with van der Waals surface area (Å²) in [7, 11) is 0. The summed E-state index contributed by atoms with van der Waals surface area (Å²) >= 11 is 0. The van der Waals surface area contributed by atoms with E-state index >= 15 is 0 Å². The molecule has 1 aromatic heterocycles. The Morgan fingerprint density at radius 2 is 1.80 bits per heavy atom. The summed E-state index contributed by atoms with van der Waals surface area (Å²) in [6, 6.07) is 17.2. The Bertz CT molecular complexity index is 1150. The van der Waals surface area contributed by atoms with E-state index in [1.165, 1.54) is 29.0 Å². The van der Waals surface area contributed by atoms with E-state index in [9.17, 15) is 9.18 Å². The van der Waals surface area contributed by atoms with E-state index in [1.54, 1.807) is 12.1 Å². The third-order valence-electron chi connectivity index (χ3n) is 7.47. The van der Waals surface area contributed by atoms with Gasteiger partial charge in [-0.2, -0.15) is 5.10 Å². The largest absolute Gasteiger partial charge is 0.334 e. The van der Waals surface area contributed by atoms with Gasteiger partial charge in [0.1, 0.15) is 5.82 Å². The van der Waals surface area contributed by atoms with Crippen molar-refractivity contribution in [2.24, 2.45) is 5.92 Å². The molecular weight excluding hydrogens is 439 g/mol. The highest BCUT2D eigenvalue weighted by Gasteiger charge is 2.32. The Morgan fingerprint density at radius 3 is 2.49 bits per heavy atom. The SMILES string of the molecule is CC(C)N(Cc1nn(-c2ccc(F)cc2)c2c1CN(Cc1ccccc1)CC2)C(=O)C1CCCC1. The van der Waals surface area contributed by atoms with Gasteiger partial charge in [-0.05, 0) is 56.5 Å². The van der Waals surface area contributed by atoms with E-state index in [2.05, 4.69) is 43.0 Å². The number of hydrogen-bond donors (Lipinski definition) is 0. The zero-order valence-corrected chi connectivity index (χ0v) is 20.8. The molecule has 2 aromatic carbocycles. The summed E-state index contributed by atoms with van der Waals surface area (Å²) in [4.78, 5) is 17.9. The minimum atomic E-state index is -0.253. The molecule has 6 heteroatoms. The van der Waals surface area contributed by atoms with Crippen LogP contribution in [-0.4, -0.2) is 38.1 Å². The molecule has 3 aromatic rings. The normalized spacial score (nSPS) is 16.6. The molecule has 0 N–H and O–H groups in total. The Morgan fingerprint density at radius 1 is 1.09 bits per heavy atom. The summed E-state index contributed by atoms with van der Waals surface area (Å²) in [5.74, 6) is 0.152. The van der Waals surface area contributed by atoms with Gasteiger partial charge in [0.2, 0.25) is 5.91 Å². The first-order valence-corrected chi connectivity index (χ1v) is 12.9. The minimum absolute atomic E-state index is 0.110. The second-order valence-corrected chi connectivity index (χ2v) is 10.2. The Balaban J connectivity index is 1.47. The van der Waals surface area contributed by atoms with Gasteiger partial charge in [0.05, 0.1) is 23.6 Å². The molecule has 0 radical (unpaired) electrons. The molecule has 0 bridgehead atoms. The fraction of sp³-hybridized carbons (Fsp3) is 0.448. The molecule has 0 atom stereocenters. The van der Waals surface area contributed by atoms with Crippen LogP contribution in [0, 0.1) is 11.7 Å². The van der Waals surface area contributed by atoms with Crippen LogP contribution in [0.15, 0.2) is 54.6 Å². The van der Waals surface area contributed by atoms with Crippen LogP contribution in [0.2, 0.25) is 0 Å². The van der Waals surface area contributed by atoms with Crippen LogP contribution in [0.25, 0.3) is 5.69 Å². The van der Waals surface area contributed by atoms with Gasteiger partial charge >= 0.3 is 0 Å². The molecule has 5 nitrogen and oxygen atoms in total. The van der Waals surface area contributed by atoms with Gasteiger partial charge < -0.3 is 4.90 Å². The number of aromatic nitrogens is 2. The number of halogens is 1. The van der Waals surface area contributed by atoms with Crippen LogP contribution < -0.4 is 0 Å². The first kappa shape index (κ1) is 23.7. The number of amides is 1. The van der Waals surface area contributed by atoms with Gasteiger partial charge in [-0.15, -0.1) is 0 Å². The summed E-state index contributed by atoms with van der Waals surface area (Å²) in [6.45, 7) is 7.32. The van der Waals surface area contributed by atoms with Gasteiger partial charge in [-0.1, -0.05) is 43.2 Å². The first-order chi connectivity index (χ1) is 17.0. The van der Waals surface area contributed by atoms with Crippen LogP contribution in [-0.2, 0) is 30.8 Å². The molecule has 35 heavy (non-hydrogen) atoms. The monoisotopic (exact) mass is 474 g/mol. The number of rotatable bonds is 7. The molecule has 0 saturated heterocycles. The van der Waals surface area contributed by atoms with Crippen molar-refractivity contribution in [2.75, 3.05) is 6.54 Å². The van der Waals surface area contributed by atoms with Crippen molar-refractivity contribution in [2.45, 2.75) is 71.6 Å². The topological polar surface area (TPSA) is 41.4 Å². The maximum Gasteiger partial charge on any atom is 0.226 e. The maximum absolute atomic E-state index is 13.6. The van der Waals surface area contributed by atoms with Crippen molar-refractivity contribution in [3.8, 4) is 5.69 Å². The van der Waals surface area contributed by atoms with Crippen LogP contribution in [0.4, 0.5) is 4.39 Å². The first-order valence-electron chi connectivity index (χ1n) is 12.9. The number of benzene rings is 2. The highest BCUT2D eigenvalue weighted by atomic mass is 19.1. The van der Waals surface area contributed by atoms with Gasteiger partial charge in [0.15, 0.2) is 0 Å². The van der Waals surface area contributed by atoms with Crippen molar-refractivity contribution in [1.82, 2.24) is 19.6 Å². The molecule has 1 fully saturated rings. The summed E-state index contributed by atoms with van der Waals surface area (Å²) < 4.78 is 15.6. The number of hydrogen-bond acceptors (Lipinski definition) is 3. The highest BCUT2D eigenvalue weighted by Crippen LogP contribution is 2.31. The van der Waals surface area contributed by atoms with Crippen molar-refractivity contribution in [1.29, 1.82) is 0 Å². The van der Waals surface area contributed by atoms with E-state index in [0.29, 0.717) is 6.54 Å². The van der Waals surface area contributed by atoms with Gasteiger partial charge in [-0.3, -0.25) is 9.69 Å². The highest BCUT2D eigenvalue weighted by molar-refractivity contribution is 5.79. The summed E-state index contributed by atoms with van der Waals surface area (Å²) in [6.07, 6.45) is 5.14. The van der Waals surface area contributed by atoms with Crippen molar-refractivity contribution in [3.05, 3.63) is 82.9 Å². The molecule has 1 saturated carbocycles. The molecule has 1 aliphatic heterocycles. The lowest BCUT2D eigenvalue weighted by Crippen LogP contribution is -2.40. The van der Waals surface area contributed by atoms with Crippen LogP contribution in [0.1, 0.15) is 62.0 Å². The molecular formula is C29H35FN4O. The fourth-order valence-electron chi connectivity index (χ4n) is 5.52. The Hall–Kier alpha value is -2.99. The van der Waals surface area contributed by atoms with Gasteiger partial charge in [0.25, 0.3) is 0 Å². The lowest BCUT2D eigenvalue weighted by atomic mass is 10.0. The molecule has 2 aliphatic rings. The van der Waals surface area contributed by atoms with E-state index < -0.39 is 0 Å². The van der Waals surface area contributed by atoms with Crippen LogP contribution in [0.3, 0.4) is 0 Å². The number of carbonyl (C=O) groups is 1. The van der Waals surface area contributed by atoms with Crippen molar-refractivity contribution >= 4 is 5.91 Å². The molecule has 1 amide bonds. The fourth-order valence-corrected chi connectivity index (χ4v) is 5.52. The second kappa shape index (κ2) is 10.3. The quantitative estimate of drug-likeness (QED) is 0.454. The lowest BCUT2D eigenvalue weighted by Gasteiger charge is -2.31. The molecule has 1 aliphatic carbocycles. The summed E-state index contributed by atoms with van der Waals surface area (Å²) in [5, 5.41) is 5.04. The zero-order chi connectivity index (χ0) is 24.4.